The molecule has 1 heteroatoms. The molecule has 0 rings (SSSR count). The van der Waals surface area contributed by atoms with Crippen LogP contribution in [0.1, 0.15) is 46.5 Å². The van der Waals surface area contributed by atoms with E-state index in [0.29, 0.717) is 0 Å². The molecule has 0 atom stereocenters. The third-order valence-corrected chi connectivity index (χ3v) is 1.80. The van der Waals surface area contributed by atoms with Crippen molar-refractivity contribution in [3.63, 3.8) is 0 Å². The van der Waals surface area contributed by atoms with Gasteiger partial charge in [0.2, 0.25) is 0 Å². The average Bonchev–Trinajstić information content (AvgIpc) is 2.13. The highest BCUT2D eigenvalue weighted by Crippen LogP contribution is 2.06. The van der Waals surface area contributed by atoms with Gasteiger partial charge in [0.1, 0.15) is 5.76 Å². The van der Waals surface area contributed by atoms with Crippen molar-refractivity contribution < 1.29 is 4.74 Å². The summed E-state index contributed by atoms with van der Waals surface area (Å²) in [5, 5.41) is 0. The highest BCUT2D eigenvalue weighted by molar-refractivity contribution is 5.10. The van der Waals surface area contributed by atoms with E-state index in [1.807, 2.05) is 26.0 Å². The second-order valence-electron chi connectivity index (χ2n) is 3.04. The van der Waals surface area contributed by atoms with E-state index < -0.39 is 0 Å². The molecule has 0 spiro atoms. The molecule has 0 aliphatic heterocycles. The molecule has 0 aliphatic carbocycles. The van der Waals surface area contributed by atoms with Gasteiger partial charge in [0.25, 0.3) is 0 Å². The highest BCUT2D eigenvalue weighted by Gasteiger charge is 1.90. The Kier molecular flexibility index (Phi) is 8.85. The Morgan fingerprint density at radius 2 is 2.00 bits per heavy atom. The van der Waals surface area contributed by atoms with Crippen LogP contribution in [0.25, 0.3) is 0 Å². The van der Waals surface area contributed by atoms with E-state index in [0.717, 1.165) is 18.8 Å². The monoisotopic (exact) mass is 182 g/mol. The Bertz CT molecular complexity index is 157. The second-order valence-corrected chi connectivity index (χ2v) is 3.04. The third-order valence-electron chi connectivity index (χ3n) is 1.80. The Morgan fingerprint density at radius 3 is 2.54 bits per heavy atom. The minimum absolute atomic E-state index is 0.754. The maximum absolute atomic E-state index is 5.44. The van der Waals surface area contributed by atoms with Gasteiger partial charge in [-0.15, -0.1) is 0 Å². The molecule has 0 aromatic heterocycles. The Hall–Kier alpha value is -0.720. The van der Waals surface area contributed by atoms with E-state index in [-0.39, 0.29) is 0 Å². The molecule has 0 aromatic rings. The lowest BCUT2D eigenvalue weighted by Gasteiger charge is -2.03. The number of ether oxygens (including phenoxy) is 1. The van der Waals surface area contributed by atoms with Gasteiger partial charge in [0, 0.05) is 0 Å². The van der Waals surface area contributed by atoms with E-state index in [9.17, 15) is 0 Å². The van der Waals surface area contributed by atoms with Crippen molar-refractivity contribution in [3.8, 4) is 0 Å². The fourth-order valence-corrected chi connectivity index (χ4v) is 1.14. The van der Waals surface area contributed by atoms with Gasteiger partial charge < -0.3 is 4.74 Å². The molecule has 0 radical (unpaired) electrons. The lowest BCUT2D eigenvalue weighted by atomic mass is 10.2. The molecule has 0 saturated carbocycles. The van der Waals surface area contributed by atoms with Crippen LogP contribution < -0.4 is 0 Å². The van der Waals surface area contributed by atoms with Crippen molar-refractivity contribution in [2.45, 2.75) is 46.5 Å². The van der Waals surface area contributed by atoms with Crippen molar-refractivity contribution in [1.29, 1.82) is 0 Å². The first-order valence-corrected chi connectivity index (χ1v) is 5.30. The van der Waals surface area contributed by atoms with Gasteiger partial charge in [-0.3, -0.25) is 0 Å². The molecule has 0 heterocycles. The van der Waals surface area contributed by atoms with Crippen molar-refractivity contribution in [3.05, 3.63) is 24.0 Å². The maximum atomic E-state index is 5.44. The number of hydrogen-bond acceptors (Lipinski definition) is 1. The van der Waals surface area contributed by atoms with Crippen LogP contribution in [0.2, 0.25) is 0 Å². The van der Waals surface area contributed by atoms with Crippen LogP contribution in [-0.4, -0.2) is 6.61 Å². The molecule has 13 heavy (non-hydrogen) atoms. The van der Waals surface area contributed by atoms with Gasteiger partial charge in [0.05, 0.1) is 6.61 Å². The van der Waals surface area contributed by atoms with Crippen LogP contribution in [0.5, 0.6) is 0 Å². The van der Waals surface area contributed by atoms with Crippen LogP contribution in [0.3, 0.4) is 0 Å². The topological polar surface area (TPSA) is 9.23 Å². The standard InChI is InChI=1S/C12H22O/c1-4-7-8-9-11-12(10-5-2)13-6-3/h5,10-11H,4,6-9H2,1-3H3/b10-5+,12-11+. The molecule has 0 unspecified atom stereocenters. The molecule has 0 fully saturated rings. The van der Waals surface area contributed by atoms with Gasteiger partial charge in [-0.05, 0) is 38.8 Å². The van der Waals surface area contributed by atoms with E-state index in [2.05, 4.69) is 13.0 Å². The van der Waals surface area contributed by atoms with Gasteiger partial charge in [-0.2, -0.15) is 0 Å². The van der Waals surface area contributed by atoms with Crippen LogP contribution >= 0.6 is 0 Å². The summed E-state index contributed by atoms with van der Waals surface area (Å²) in [4.78, 5) is 0. The fraction of sp³-hybridized carbons (Fsp3) is 0.667. The summed E-state index contributed by atoms with van der Waals surface area (Å²) in [6.45, 7) is 7.01. The molecule has 1 nitrogen and oxygen atoms in total. The normalized spacial score (nSPS) is 12.4. The summed E-state index contributed by atoms with van der Waals surface area (Å²) < 4.78 is 5.44. The minimum Gasteiger partial charge on any atom is -0.494 e. The van der Waals surface area contributed by atoms with Gasteiger partial charge in [-0.1, -0.05) is 25.8 Å². The lowest BCUT2D eigenvalue weighted by molar-refractivity contribution is 0.241. The molecule has 0 N–H and O–H groups in total. The number of hydrogen-bond donors (Lipinski definition) is 0. The predicted octanol–water partition coefficient (Wildman–Crippen LogP) is 4.06. The average molecular weight is 182 g/mol. The SMILES string of the molecule is C/C=C/C(=C\CCCCC)OCC. The van der Waals surface area contributed by atoms with E-state index in [4.69, 9.17) is 4.74 Å². The van der Waals surface area contributed by atoms with Crippen molar-refractivity contribution in [2.75, 3.05) is 6.61 Å². The largest absolute Gasteiger partial charge is 0.494 e. The first-order valence-electron chi connectivity index (χ1n) is 5.30. The van der Waals surface area contributed by atoms with Crippen LogP contribution in [0.15, 0.2) is 24.0 Å². The zero-order chi connectivity index (χ0) is 9.94. The van der Waals surface area contributed by atoms with Gasteiger partial charge in [0.15, 0.2) is 0 Å². The highest BCUT2D eigenvalue weighted by atomic mass is 16.5. The lowest BCUT2D eigenvalue weighted by Crippen LogP contribution is -1.88. The van der Waals surface area contributed by atoms with Crippen LogP contribution in [0.4, 0.5) is 0 Å². The second kappa shape index (κ2) is 9.37. The Labute approximate surface area is 82.5 Å². The quantitative estimate of drug-likeness (QED) is 0.328. The molecule has 0 aliphatic rings. The molecule has 0 aromatic carbocycles. The van der Waals surface area contributed by atoms with E-state index in [1.54, 1.807) is 0 Å². The maximum Gasteiger partial charge on any atom is 0.114 e. The third kappa shape index (κ3) is 7.63. The minimum atomic E-state index is 0.754. The van der Waals surface area contributed by atoms with Crippen molar-refractivity contribution >= 4 is 0 Å². The summed E-state index contributed by atoms with van der Waals surface area (Å²) in [5.74, 6) is 1.01. The molecular formula is C12H22O. The zero-order valence-corrected chi connectivity index (χ0v) is 9.18. The van der Waals surface area contributed by atoms with Crippen LogP contribution in [-0.2, 0) is 4.74 Å². The van der Waals surface area contributed by atoms with E-state index in [1.165, 1.54) is 19.3 Å². The molecule has 0 saturated heterocycles. The Balaban J connectivity index is 3.74. The first-order chi connectivity index (χ1) is 6.35. The van der Waals surface area contributed by atoms with Gasteiger partial charge in [-0.25, -0.2) is 0 Å². The summed E-state index contributed by atoms with van der Waals surface area (Å²) in [7, 11) is 0. The summed E-state index contributed by atoms with van der Waals surface area (Å²) >= 11 is 0. The smallest absolute Gasteiger partial charge is 0.114 e. The van der Waals surface area contributed by atoms with Gasteiger partial charge >= 0.3 is 0 Å². The molecule has 76 valence electrons. The zero-order valence-electron chi connectivity index (χ0n) is 9.18. The summed E-state index contributed by atoms with van der Waals surface area (Å²) in [6.07, 6.45) is 11.2. The van der Waals surface area contributed by atoms with Crippen LogP contribution in [0, 0.1) is 0 Å². The Morgan fingerprint density at radius 1 is 1.23 bits per heavy atom. The fourth-order valence-electron chi connectivity index (χ4n) is 1.14. The summed E-state index contributed by atoms with van der Waals surface area (Å²) in [6, 6.07) is 0. The number of rotatable bonds is 7. The molecular weight excluding hydrogens is 160 g/mol. The first kappa shape index (κ1) is 12.3. The number of allylic oxidation sites excluding steroid dienone is 3. The van der Waals surface area contributed by atoms with E-state index >= 15 is 0 Å². The predicted molar refractivity (Wildman–Crippen MR) is 58.7 cm³/mol. The number of unbranched alkanes of at least 4 members (excludes halogenated alkanes) is 3. The summed E-state index contributed by atoms with van der Waals surface area (Å²) in [5.41, 5.74) is 0. The molecule has 0 amide bonds. The molecule has 0 bridgehead atoms. The van der Waals surface area contributed by atoms with Crippen molar-refractivity contribution in [2.24, 2.45) is 0 Å². The van der Waals surface area contributed by atoms with Crippen molar-refractivity contribution in [1.82, 2.24) is 0 Å².